The Kier molecular flexibility index (Phi) is 5.58. The molecule has 2 amide bonds. The van der Waals surface area contributed by atoms with Crippen LogP contribution in [0.4, 0.5) is 4.79 Å². The predicted octanol–water partition coefficient (Wildman–Crippen LogP) is 4.48. The Morgan fingerprint density at radius 1 is 1.14 bits per heavy atom. The minimum absolute atomic E-state index is 0.0366. The molecule has 2 aromatic rings. The van der Waals surface area contributed by atoms with E-state index in [9.17, 15) is 4.79 Å². The number of urea groups is 1. The van der Waals surface area contributed by atoms with Gasteiger partial charge in [0.1, 0.15) is 0 Å². The highest BCUT2D eigenvalue weighted by atomic mass is 79.9. The van der Waals surface area contributed by atoms with E-state index in [0.717, 1.165) is 15.6 Å². The zero-order chi connectivity index (χ0) is 15.1. The van der Waals surface area contributed by atoms with Gasteiger partial charge in [-0.05, 0) is 36.3 Å². The highest BCUT2D eigenvalue weighted by Gasteiger charge is 2.07. The second kappa shape index (κ2) is 7.64. The topological polar surface area (TPSA) is 41.1 Å². The summed E-state index contributed by atoms with van der Waals surface area (Å²) < 4.78 is 1.01. The number of hydrogen-bond donors (Lipinski definition) is 2. The number of carbonyl (C=O) groups is 1. The van der Waals surface area contributed by atoms with E-state index >= 15 is 0 Å². The molecule has 1 atom stereocenters. The van der Waals surface area contributed by atoms with Gasteiger partial charge in [-0.15, -0.1) is 0 Å². The largest absolute Gasteiger partial charge is 0.331 e. The van der Waals surface area contributed by atoms with Crippen LogP contribution >= 0.6 is 15.9 Å². The van der Waals surface area contributed by atoms with Gasteiger partial charge in [0.15, 0.2) is 0 Å². The maximum Gasteiger partial charge on any atom is 0.319 e. The van der Waals surface area contributed by atoms with E-state index in [0.29, 0.717) is 0 Å². The number of nitrogens with one attached hydrogen (secondary N) is 2. The summed E-state index contributed by atoms with van der Waals surface area (Å²) in [5.41, 5.74) is 2.09. The molecule has 0 aromatic heterocycles. The van der Waals surface area contributed by atoms with Crippen molar-refractivity contribution in [2.24, 2.45) is 0 Å². The molecule has 1 unspecified atom stereocenters. The highest BCUT2D eigenvalue weighted by molar-refractivity contribution is 9.10. The average molecular weight is 345 g/mol. The molecule has 3 nitrogen and oxygen atoms in total. The van der Waals surface area contributed by atoms with Crippen LogP contribution in [0, 0.1) is 0 Å². The Morgan fingerprint density at radius 3 is 2.62 bits per heavy atom. The third kappa shape index (κ3) is 5.08. The van der Waals surface area contributed by atoms with Gasteiger partial charge in [-0.25, -0.2) is 4.79 Å². The van der Waals surface area contributed by atoms with Crippen molar-refractivity contribution >= 4 is 28.0 Å². The molecule has 2 N–H and O–H groups in total. The van der Waals surface area contributed by atoms with Crippen molar-refractivity contribution in [3.8, 4) is 0 Å². The van der Waals surface area contributed by atoms with Gasteiger partial charge in [0.05, 0.1) is 6.04 Å². The van der Waals surface area contributed by atoms with Crippen LogP contribution in [0.3, 0.4) is 0 Å². The Balaban J connectivity index is 1.85. The number of hydrogen-bond acceptors (Lipinski definition) is 1. The number of amides is 2. The Hall–Kier alpha value is -2.07. The molecule has 0 bridgehead atoms. The maximum absolute atomic E-state index is 11.8. The summed E-state index contributed by atoms with van der Waals surface area (Å²) in [6.45, 7) is 1.95. The third-order valence-electron chi connectivity index (χ3n) is 2.99. The quantitative estimate of drug-likeness (QED) is 0.843. The summed E-state index contributed by atoms with van der Waals surface area (Å²) in [4.78, 5) is 11.8. The fraction of sp³-hybridized carbons (Fsp3) is 0.118. The van der Waals surface area contributed by atoms with Crippen molar-refractivity contribution in [3.05, 3.63) is 76.4 Å². The zero-order valence-electron chi connectivity index (χ0n) is 11.7. The van der Waals surface area contributed by atoms with Crippen molar-refractivity contribution in [2.75, 3.05) is 0 Å². The molecule has 2 rings (SSSR count). The number of carbonyl (C=O) groups excluding carboxylic acids is 1. The van der Waals surface area contributed by atoms with Gasteiger partial charge >= 0.3 is 6.03 Å². The second-order valence-electron chi connectivity index (χ2n) is 4.64. The van der Waals surface area contributed by atoms with E-state index in [1.807, 2.05) is 67.6 Å². The van der Waals surface area contributed by atoms with Crippen LogP contribution in [0.15, 0.2) is 65.3 Å². The van der Waals surface area contributed by atoms with Crippen molar-refractivity contribution in [3.63, 3.8) is 0 Å². The summed E-state index contributed by atoms with van der Waals surface area (Å²) in [6.07, 6.45) is 3.48. The van der Waals surface area contributed by atoms with Crippen LogP contribution in [-0.4, -0.2) is 6.03 Å². The normalized spacial score (nSPS) is 12.1. The van der Waals surface area contributed by atoms with Gasteiger partial charge in [0, 0.05) is 10.7 Å². The minimum atomic E-state index is -0.224. The Labute approximate surface area is 133 Å². The SMILES string of the molecule is CC(NC(=O)N/C=C/c1cccc(Br)c1)c1ccccc1. The second-order valence-corrected chi connectivity index (χ2v) is 5.55. The number of benzene rings is 2. The standard InChI is InChI=1S/C17H17BrN2O/c1-13(15-7-3-2-4-8-15)20-17(21)19-11-10-14-6-5-9-16(18)12-14/h2-13H,1H3,(H2,19,20,21)/b11-10+. The van der Waals surface area contributed by atoms with E-state index in [4.69, 9.17) is 0 Å². The molecule has 21 heavy (non-hydrogen) atoms. The van der Waals surface area contributed by atoms with Crippen molar-refractivity contribution < 1.29 is 4.79 Å². The smallest absolute Gasteiger partial charge is 0.319 e. The van der Waals surface area contributed by atoms with Gasteiger partial charge < -0.3 is 10.6 Å². The molecule has 0 heterocycles. The fourth-order valence-corrected chi connectivity index (χ4v) is 2.30. The molecule has 0 spiro atoms. The number of rotatable bonds is 4. The third-order valence-corrected chi connectivity index (χ3v) is 3.48. The van der Waals surface area contributed by atoms with Gasteiger partial charge in [0.25, 0.3) is 0 Å². The zero-order valence-corrected chi connectivity index (χ0v) is 13.3. The van der Waals surface area contributed by atoms with Gasteiger partial charge in [0.2, 0.25) is 0 Å². The Bertz CT molecular complexity index is 626. The first kappa shape index (κ1) is 15.3. The lowest BCUT2D eigenvalue weighted by atomic mass is 10.1. The summed E-state index contributed by atoms with van der Waals surface area (Å²) in [5, 5.41) is 5.59. The first-order chi connectivity index (χ1) is 10.1. The molecule has 2 aromatic carbocycles. The van der Waals surface area contributed by atoms with Crippen LogP contribution in [-0.2, 0) is 0 Å². The molecule has 0 fully saturated rings. The monoisotopic (exact) mass is 344 g/mol. The summed E-state index contributed by atoms with van der Waals surface area (Å²) >= 11 is 3.41. The van der Waals surface area contributed by atoms with Crippen LogP contribution in [0.25, 0.3) is 6.08 Å². The average Bonchev–Trinajstić information content (AvgIpc) is 2.48. The summed E-state index contributed by atoms with van der Waals surface area (Å²) in [6, 6.07) is 17.4. The van der Waals surface area contributed by atoms with Gasteiger partial charge in [-0.2, -0.15) is 0 Å². The summed E-state index contributed by atoms with van der Waals surface area (Å²) in [5.74, 6) is 0. The van der Waals surface area contributed by atoms with E-state index in [2.05, 4.69) is 26.6 Å². The molecule has 108 valence electrons. The Morgan fingerprint density at radius 2 is 1.90 bits per heavy atom. The molecule has 0 saturated heterocycles. The first-order valence-corrected chi connectivity index (χ1v) is 7.48. The lowest BCUT2D eigenvalue weighted by Crippen LogP contribution is -2.34. The number of halogens is 1. The van der Waals surface area contributed by atoms with Crippen LogP contribution in [0.2, 0.25) is 0 Å². The molecule has 0 saturated carbocycles. The van der Waals surface area contributed by atoms with Crippen molar-refractivity contribution in [1.29, 1.82) is 0 Å². The fourth-order valence-electron chi connectivity index (χ4n) is 1.89. The van der Waals surface area contributed by atoms with E-state index in [1.165, 1.54) is 0 Å². The highest BCUT2D eigenvalue weighted by Crippen LogP contribution is 2.12. The molecule has 0 radical (unpaired) electrons. The minimum Gasteiger partial charge on any atom is -0.331 e. The summed E-state index contributed by atoms with van der Waals surface area (Å²) in [7, 11) is 0. The van der Waals surface area contributed by atoms with Gasteiger partial charge in [-0.1, -0.05) is 58.4 Å². The lowest BCUT2D eigenvalue weighted by molar-refractivity contribution is 0.241. The molecular weight excluding hydrogens is 328 g/mol. The van der Waals surface area contributed by atoms with E-state index < -0.39 is 0 Å². The van der Waals surface area contributed by atoms with Crippen molar-refractivity contribution in [1.82, 2.24) is 10.6 Å². The molecule has 0 aliphatic rings. The van der Waals surface area contributed by atoms with Crippen LogP contribution in [0.5, 0.6) is 0 Å². The van der Waals surface area contributed by atoms with Gasteiger partial charge in [-0.3, -0.25) is 0 Å². The molecule has 4 heteroatoms. The van der Waals surface area contributed by atoms with E-state index in [1.54, 1.807) is 6.20 Å². The van der Waals surface area contributed by atoms with Crippen molar-refractivity contribution in [2.45, 2.75) is 13.0 Å². The molecular formula is C17H17BrN2O. The first-order valence-electron chi connectivity index (χ1n) is 6.69. The predicted molar refractivity (Wildman–Crippen MR) is 89.7 cm³/mol. The molecule has 0 aliphatic heterocycles. The lowest BCUT2D eigenvalue weighted by Gasteiger charge is -2.13. The van der Waals surface area contributed by atoms with Crippen LogP contribution in [0.1, 0.15) is 24.1 Å². The maximum atomic E-state index is 11.8. The van der Waals surface area contributed by atoms with E-state index in [-0.39, 0.29) is 12.1 Å². The van der Waals surface area contributed by atoms with Crippen LogP contribution < -0.4 is 10.6 Å². The molecule has 0 aliphatic carbocycles.